The van der Waals surface area contributed by atoms with Crippen LogP contribution in [0.2, 0.25) is 0 Å². The summed E-state index contributed by atoms with van der Waals surface area (Å²) in [5.41, 5.74) is -0.0664. The first kappa shape index (κ1) is 13.8. The number of likely N-dealkylation sites (tertiary alicyclic amines) is 1. The number of carbonyl (C=O) groups excluding carboxylic acids is 1. The number of hydrogen-bond donors (Lipinski definition) is 1. The molecule has 1 amide bonds. The smallest absolute Gasteiger partial charge is 0.282 e. The summed E-state index contributed by atoms with van der Waals surface area (Å²) in [6.07, 6.45) is 0. The number of benzene rings is 1. The van der Waals surface area contributed by atoms with Gasteiger partial charge in [-0.1, -0.05) is 0 Å². The van der Waals surface area contributed by atoms with Crippen molar-refractivity contribution in [2.24, 2.45) is 11.8 Å². The van der Waals surface area contributed by atoms with Gasteiger partial charge >= 0.3 is 0 Å². The number of nitro benzene ring substituents is 1. The number of fused-ring (bicyclic) bond motifs is 1. The number of nitrogens with one attached hydrogen (secondary N) is 1. The van der Waals surface area contributed by atoms with Crippen molar-refractivity contribution in [2.45, 2.75) is 0 Å². The molecule has 0 radical (unpaired) electrons. The number of rotatable bonds is 3. The topological polar surface area (TPSA) is 84.7 Å². The van der Waals surface area contributed by atoms with E-state index in [1.165, 1.54) is 25.3 Å². The molecule has 21 heavy (non-hydrogen) atoms. The van der Waals surface area contributed by atoms with Crippen molar-refractivity contribution >= 4 is 11.6 Å². The normalized spacial score (nSPS) is 24.0. The van der Waals surface area contributed by atoms with Crippen LogP contribution in [-0.4, -0.2) is 49.0 Å². The molecule has 112 valence electrons. The van der Waals surface area contributed by atoms with Gasteiger partial charge in [0.05, 0.1) is 12.0 Å². The molecule has 3 rings (SSSR count). The quantitative estimate of drug-likeness (QED) is 0.660. The first-order valence-electron chi connectivity index (χ1n) is 6.92. The minimum atomic E-state index is -0.523. The first-order chi connectivity index (χ1) is 10.1. The summed E-state index contributed by atoms with van der Waals surface area (Å²) in [6, 6.07) is 4.27. The molecule has 1 aromatic rings. The average molecular weight is 291 g/mol. The van der Waals surface area contributed by atoms with Gasteiger partial charge in [-0.3, -0.25) is 14.9 Å². The van der Waals surface area contributed by atoms with Gasteiger partial charge in [-0.05, 0) is 24.0 Å². The van der Waals surface area contributed by atoms with Crippen LogP contribution in [0.15, 0.2) is 18.2 Å². The predicted octanol–water partition coefficient (Wildman–Crippen LogP) is 0.895. The van der Waals surface area contributed by atoms with E-state index in [0.29, 0.717) is 30.7 Å². The van der Waals surface area contributed by atoms with Gasteiger partial charge in [-0.2, -0.15) is 0 Å². The summed E-state index contributed by atoms with van der Waals surface area (Å²) in [6.45, 7) is 3.14. The number of amides is 1. The van der Waals surface area contributed by atoms with Gasteiger partial charge < -0.3 is 15.0 Å². The van der Waals surface area contributed by atoms with Gasteiger partial charge in [-0.15, -0.1) is 0 Å². The maximum atomic E-state index is 12.6. The van der Waals surface area contributed by atoms with Crippen molar-refractivity contribution in [3.05, 3.63) is 33.9 Å². The van der Waals surface area contributed by atoms with Gasteiger partial charge in [-0.25, -0.2) is 0 Å². The summed E-state index contributed by atoms with van der Waals surface area (Å²) in [4.78, 5) is 24.9. The third-order valence-corrected chi connectivity index (χ3v) is 4.31. The zero-order chi connectivity index (χ0) is 15.0. The van der Waals surface area contributed by atoms with Crippen LogP contribution >= 0.6 is 0 Å². The summed E-state index contributed by atoms with van der Waals surface area (Å²) >= 11 is 0. The summed E-state index contributed by atoms with van der Waals surface area (Å²) in [5.74, 6) is 1.08. The Labute approximate surface area is 122 Å². The second-order valence-corrected chi connectivity index (χ2v) is 5.53. The molecule has 2 saturated heterocycles. The van der Waals surface area contributed by atoms with Gasteiger partial charge in [0.25, 0.3) is 11.6 Å². The average Bonchev–Trinajstić information content (AvgIpc) is 3.06. The van der Waals surface area contributed by atoms with E-state index in [0.717, 1.165) is 13.1 Å². The highest BCUT2D eigenvalue weighted by molar-refractivity contribution is 5.98. The van der Waals surface area contributed by atoms with Crippen LogP contribution in [0.25, 0.3) is 0 Å². The fourth-order valence-electron chi connectivity index (χ4n) is 3.16. The second kappa shape index (κ2) is 5.33. The highest BCUT2D eigenvalue weighted by atomic mass is 16.6. The van der Waals surface area contributed by atoms with E-state index in [9.17, 15) is 14.9 Å². The number of hydrogen-bond acceptors (Lipinski definition) is 5. The molecule has 0 saturated carbocycles. The maximum Gasteiger partial charge on any atom is 0.282 e. The molecular weight excluding hydrogens is 274 g/mol. The molecule has 0 spiro atoms. The van der Waals surface area contributed by atoms with E-state index in [2.05, 4.69) is 5.32 Å². The molecule has 0 aromatic heterocycles. The van der Waals surface area contributed by atoms with E-state index in [1.807, 2.05) is 0 Å². The molecule has 7 nitrogen and oxygen atoms in total. The first-order valence-corrected chi connectivity index (χ1v) is 6.92. The highest BCUT2D eigenvalue weighted by Crippen LogP contribution is 2.30. The molecular formula is C14H17N3O4. The molecule has 2 atom stereocenters. The standard InChI is InChI=1S/C14H17N3O4/c1-21-11-2-3-13(17(19)20)12(4-11)14(18)16-7-9-5-15-6-10(9)8-16/h2-4,9-10,15H,5-8H2,1H3/t9-,10+. The van der Waals surface area contributed by atoms with E-state index in [4.69, 9.17) is 4.74 Å². The van der Waals surface area contributed by atoms with Crippen LogP contribution in [0, 0.1) is 22.0 Å². The summed E-state index contributed by atoms with van der Waals surface area (Å²) in [7, 11) is 1.47. The molecule has 0 unspecified atom stereocenters. The SMILES string of the molecule is COc1ccc([N+](=O)[O-])c(C(=O)N2C[C@H]3CNC[C@H]3C2)c1. The molecule has 1 aromatic carbocycles. The summed E-state index contributed by atoms with van der Waals surface area (Å²) < 4.78 is 5.07. The van der Waals surface area contributed by atoms with E-state index >= 15 is 0 Å². The molecule has 0 aliphatic carbocycles. The van der Waals surface area contributed by atoms with Crippen LogP contribution in [0.4, 0.5) is 5.69 Å². The monoisotopic (exact) mass is 291 g/mol. The molecule has 7 heteroatoms. The second-order valence-electron chi connectivity index (χ2n) is 5.53. The van der Waals surface area contributed by atoms with Gasteiger partial charge in [0.1, 0.15) is 11.3 Å². The van der Waals surface area contributed by atoms with Crippen molar-refractivity contribution in [1.82, 2.24) is 10.2 Å². The number of methoxy groups -OCH3 is 1. The lowest BCUT2D eigenvalue weighted by Crippen LogP contribution is -2.32. The molecule has 2 aliphatic heterocycles. The Morgan fingerprint density at radius 3 is 2.62 bits per heavy atom. The number of ether oxygens (including phenoxy) is 1. The predicted molar refractivity (Wildman–Crippen MR) is 75.4 cm³/mol. The Balaban J connectivity index is 1.88. The fraction of sp³-hybridized carbons (Fsp3) is 0.500. The molecule has 2 heterocycles. The molecule has 2 aliphatic rings. The molecule has 1 N–H and O–H groups in total. The van der Waals surface area contributed by atoms with Crippen molar-refractivity contribution in [3.8, 4) is 5.75 Å². The lowest BCUT2D eigenvalue weighted by atomic mass is 10.0. The number of carbonyl (C=O) groups is 1. The van der Waals surface area contributed by atoms with Gasteiger partial charge in [0, 0.05) is 32.2 Å². The van der Waals surface area contributed by atoms with Crippen molar-refractivity contribution in [3.63, 3.8) is 0 Å². The van der Waals surface area contributed by atoms with Gasteiger partial charge in [0.15, 0.2) is 0 Å². The Kier molecular flexibility index (Phi) is 3.50. The minimum Gasteiger partial charge on any atom is -0.497 e. The van der Waals surface area contributed by atoms with Crippen molar-refractivity contribution < 1.29 is 14.5 Å². The Hall–Kier alpha value is -2.15. The number of nitrogens with zero attached hydrogens (tertiary/aromatic N) is 2. The Morgan fingerprint density at radius 1 is 1.38 bits per heavy atom. The summed E-state index contributed by atoms with van der Waals surface area (Å²) in [5, 5.41) is 14.4. The van der Waals surface area contributed by atoms with Crippen LogP contribution in [0.3, 0.4) is 0 Å². The lowest BCUT2D eigenvalue weighted by Gasteiger charge is -2.17. The van der Waals surface area contributed by atoms with E-state index < -0.39 is 4.92 Å². The highest BCUT2D eigenvalue weighted by Gasteiger charge is 2.39. The van der Waals surface area contributed by atoms with Crippen LogP contribution in [-0.2, 0) is 0 Å². The third kappa shape index (κ3) is 2.44. The van der Waals surface area contributed by atoms with Crippen LogP contribution < -0.4 is 10.1 Å². The Bertz CT molecular complexity index is 578. The lowest BCUT2D eigenvalue weighted by molar-refractivity contribution is -0.385. The Morgan fingerprint density at radius 2 is 2.05 bits per heavy atom. The van der Waals surface area contributed by atoms with E-state index in [1.54, 1.807) is 4.90 Å². The van der Waals surface area contributed by atoms with Crippen LogP contribution in [0.1, 0.15) is 10.4 Å². The molecule has 0 bridgehead atoms. The zero-order valence-corrected chi connectivity index (χ0v) is 11.7. The largest absolute Gasteiger partial charge is 0.497 e. The zero-order valence-electron chi connectivity index (χ0n) is 11.7. The van der Waals surface area contributed by atoms with Gasteiger partial charge in [0.2, 0.25) is 0 Å². The molecule has 2 fully saturated rings. The minimum absolute atomic E-state index is 0.104. The number of nitro groups is 1. The maximum absolute atomic E-state index is 12.6. The van der Waals surface area contributed by atoms with E-state index in [-0.39, 0.29) is 17.2 Å². The van der Waals surface area contributed by atoms with Crippen molar-refractivity contribution in [2.75, 3.05) is 33.3 Å². The van der Waals surface area contributed by atoms with Crippen molar-refractivity contribution in [1.29, 1.82) is 0 Å². The van der Waals surface area contributed by atoms with Crippen LogP contribution in [0.5, 0.6) is 5.75 Å². The third-order valence-electron chi connectivity index (χ3n) is 4.31. The fourth-order valence-corrected chi connectivity index (χ4v) is 3.16.